The SMILES string of the molecule is O=C(NCc1ccccc1Cl)c1ccc(OC2CCOC2)nc1. The second-order valence-corrected chi connectivity index (χ2v) is 5.67. The maximum Gasteiger partial charge on any atom is 0.253 e. The molecule has 0 aliphatic carbocycles. The van der Waals surface area contributed by atoms with Gasteiger partial charge in [-0.15, -0.1) is 0 Å². The molecule has 1 unspecified atom stereocenters. The van der Waals surface area contributed by atoms with Crippen LogP contribution < -0.4 is 10.1 Å². The number of ether oxygens (including phenoxy) is 2. The fourth-order valence-electron chi connectivity index (χ4n) is 2.28. The topological polar surface area (TPSA) is 60.5 Å². The van der Waals surface area contributed by atoms with Crippen molar-refractivity contribution in [3.05, 3.63) is 58.7 Å². The average molecular weight is 333 g/mol. The van der Waals surface area contributed by atoms with E-state index in [1.807, 2.05) is 18.2 Å². The van der Waals surface area contributed by atoms with Gasteiger partial charge in [0.25, 0.3) is 5.91 Å². The molecular formula is C17H17ClN2O3. The molecule has 1 aliphatic heterocycles. The minimum atomic E-state index is -0.201. The van der Waals surface area contributed by atoms with Gasteiger partial charge in [-0.2, -0.15) is 0 Å². The standard InChI is InChI=1S/C17H17ClN2O3/c18-15-4-2-1-3-12(15)9-20-17(21)13-5-6-16(19-10-13)23-14-7-8-22-11-14/h1-6,10,14H,7-9,11H2,(H,20,21). The van der Waals surface area contributed by atoms with Crippen molar-refractivity contribution in [2.24, 2.45) is 0 Å². The third kappa shape index (κ3) is 4.21. The van der Waals surface area contributed by atoms with Crippen LogP contribution in [0.3, 0.4) is 0 Å². The smallest absolute Gasteiger partial charge is 0.253 e. The van der Waals surface area contributed by atoms with E-state index in [9.17, 15) is 4.79 Å². The average Bonchev–Trinajstić information content (AvgIpc) is 3.07. The number of halogens is 1. The minimum absolute atomic E-state index is 0.0439. The molecule has 120 valence electrons. The van der Waals surface area contributed by atoms with E-state index in [1.165, 1.54) is 6.20 Å². The van der Waals surface area contributed by atoms with Gasteiger partial charge in [0.15, 0.2) is 0 Å². The Bertz CT molecular complexity index is 670. The zero-order chi connectivity index (χ0) is 16.1. The van der Waals surface area contributed by atoms with Gasteiger partial charge in [-0.25, -0.2) is 4.98 Å². The fraction of sp³-hybridized carbons (Fsp3) is 0.294. The Labute approximate surface area is 139 Å². The highest BCUT2D eigenvalue weighted by Crippen LogP contribution is 2.16. The molecular weight excluding hydrogens is 316 g/mol. The van der Waals surface area contributed by atoms with Crippen LogP contribution in [0.5, 0.6) is 5.88 Å². The van der Waals surface area contributed by atoms with Crippen LogP contribution in [-0.4, -0.2) is 30.2 Å². The predicted molar refractivity (Wildman–Crippen MR) is 86.7 cm³/mol. The lowest BCUT2D eigenvalue weighted by atomic mass is 10.2. The summed E-state index contributed by atoms with van der Waals surface area (Å²) < 4.78 is 10.9. The van der Waals surface area contributed by atoms with Crippen molar-refractivity contribution >= 4 is 17.5 Å². The third-order valence-electron chi connectivity index (χ3n) is 3.57. The summed E-state index contributed by atoms with van der Waals surface area (Å²) in [6.07, 6.45) is 2.41. The molecule has 1 aromatic carbocycles. The number of nitrogens with one attached hydrogen (secondary N) is 1. The molecule has 1 aliphatic rings. The Morgan fingerprint density at radius 1 is 1.35 bits per heavy atom. The zero-order valence-corrected chi connectivity index (χ0v) is 13.3. The highest BCUT2D eigenvalue weighted by molar-refractivity contribution is 6.31. The monoisotopic (exact) mass is 332 g/mol. The van der Waals surface area contributed by atoms with Gasteiger partial charge in [0.1, 0.15) is 6.10 Å². The molecule has 1 saturated heterocycles. The molecule has 1 atom stereocenters. The molecule has 5 nitrogen and oxygen atoms in total. The summed E-state index contributed by atoms with van der Waals surface area (Å²) in [5.74, 6) is 0.302. The van der Waals surface area contributed by atoms with Gasteiger partial charge in [-0.3, -0.25) is 4.79 Å². The van der Waals surface area contributed by atoms with Crippen LogP contribution in [0.4, 0.5) is 0 Å². The Hall–Kier alpha value is -2.11. The number of pyridine rings is 1. The maximum atomic E-state index is 12.1. The number of nitrogens with zero attached hydrogens (tertiary/aromatic N) is 1. The molecule has 0 bridgehead atoms. The van der Waals surface area contributed by atoms with Crippen molar-refractivity contribution in [2.45, 2.75) is 19.1 Å². The van der Waals surface area contributed by atoms with Gasteiger partial charge in [0.05, 0.1) is 18.8 Å². The highest BCUT2D eigenvalue weighted by atomic mass is 35.5. The van der Waals surface area contributed by atoms with Crippen molar-refractivity contribution < 1.29 is 14.3 Å². The minimum Gasteiger partial charge on any atom is -0.472 e. The van der Waals surface area contributed by atoms with Crippen LogP contribution >= 0.6 is 11.6 Å². The Morgan fingerprint density at radius 2 is 2.22 bits per heavy atom. The molecule has 1 fully saturated rings. The zero-order valence-electron chi connectivity index (χ0n) is 12.5. The lowest BCUT2D eigenvalue weighted by molar-refractivity contribution is 0.0950. The summed E-state index contributed by atoms with van der Waals surface area (Å²) >= 11 is 6.07. The fourth-order valence-corrected chi connectivity index (χ4v) is 2.48. The van der Waals surface area contributed by atoms with Gasteiger partial charge >= 0.3 is 0 Å². The highest BCUT2D eigenvalue weighted by Gasteiger charge is 2.17. The number of benzene rings is 1. The lowest BCUT2D eigenvalue weighted by Crippen LogP contribution is -2.23. The number of carbonyl (C=O) groups is 1. The normalized spacial score (nSPS) is 17.0. The third-order valence-corrected chi connectivity index (χ3v) is 3.94. The van der Waals surface area contributed by atoms with E-state index >= 15 is 0 Å². The van der Waals surface area contributed by atoms with Crippen molar-refractivity contribution in [2.75, 3.05) is 13.2 Å². The van der Waals surface area contributed by atoms with Crippen LogP contribution in [0, 0.1) is 0 Å². The van der Waals surface area contributed by atoms with E-state index in [2.05, 4.69) is 10.3 Å². The summed E-state index contributed by atoms with van der Waals surface area (Å²) in [7, 11) is 0. The maximum absolute atomic E-state index is 12.1. The predicted octanol–water partition coefficient (Wildman–Crippen LogP) is 2.83. The van der Waals surface area contributed by atoms with Crippen LogP contribution in [0.2, 0.25) is 5.02 Å². The van der Waals surface area contributed by atoms with E-state index in [-0.39, 0.29) is 12.0 Å². The number of amides is 1. The second kappa shape index (κ2) is 7.44. The van der Waals surface area contributed by atoms with Crippen molar-refractivity contribution in [1.82, 2.24) is 10.3 Å². The van der Waals surface area contributed by atoms with Gasteiger partial charge in [0.2, 0.25) is 5.88 Å². The number of carbonyl (C=O) groups excluding carboxylic acids is 1. The summed E-state index contributed by atoms with van der Waals surface area (Å²) in [6, 6.07) is 10.8. The molecule has 0 spiro atoms. The second-order valence-electron chi connectivity index (χ2n) is 5.26. The van der Waals surface area contributed by atoms with Crippen LogP contribution in [0.15, 0.2) is 42.6 Å². The lowest BCUT2D eigenvalue weighted by Gasteiger charge is -2.11. The summed E-state index contributed by atoms with van der Waals surface area (Å²) in [6.45, 7) is 1.67. The molecule has 6 heteroatoms. The first-order valence-corrected chi connectivity index (χ1v) is 7.82. The number of hydrogen-bond acceptors (Lipinski definition) is 4. The summed E-state index contributed by atoms with van der Waals surface area (Å²) in [5, 5.41) is 3.46. The quantitative estimate of drug-likeness (QED) is 0.914. The molecule has 1 amide bonds. The molecule has 3 rings (SSSR count). The molecule has 1 aromatic heterocycles. The van der Waals surface area contributed by atoms with E-state index in [4.69, 9.17) is 21.1 Å². The van der Waals surface area contributed by atoms with Gasteiger partial charge in [-0.05, 0) is 17.7 Å². The van der Waals surface area contributed by atoms with Crippen molar-refractivity contribution in [3.8, 4) is 5.88 Å². The first kappa shape index (κ1) is 15.8. The van der Waals surface area contributed by atoms with Crippen molar-refractivity contribution in [3.63, 3.8) is 0 Å². The number of hydrogen-bond donors (Lipinski definition) is 1. The molecule has 0 radical (unpaired) electrons. The van der Waals surface area contributed by atoms with E-state index in [0.717, 1.165) is 12.0 Å². The Morgan fingerprint density at radius 3 is 2.91 bits per heavy atom. The van der Waals surface area contributed by atoms with Crippen LogP contribution in [-0.2, 0) is 11.3 Å². The largest absolute Gasteiger partial charge is 0.472 e. The first-order valence-electron chi connectivity index (χ1n) is 7.44. The molecule has 23 heavy (non-hydrogen) atoms. The van der Waals surface area contributed by atoms with Gasteiger partial charge < -0.3 is 14.8 Å². The molecule has 2 aromatic rings. The van der Waals surface area contributed by atoms with E-state index in [0.29, 0.717) is 36.2 Å². The first-order chi connectivity index (χ1) is 11.2. The molecule has 1 N–H and O–H groups in total. The number of rotatable bonds is 5. The Balaban J connectivity index is 1.56. The molecule has 2 heterocycles. The summed E-state index contributed by atoms with van der Waals surface area (Å²) in [5.41, 5.74) is 1.35. The van der Waals surface area contributed by atoms with E-state index < -0.39 is 0 Å². The van der Waals surface area contributed by atoms with Gasteiger partial charge in [0, 0.05) is 30.3 Å². The van der Waals surface area contributed by atoms with E-state index in [1.54, 1.807) is 18.2 Å². The molecule has 0 saturated carbocycles. The van der Waals surface area contributed by atoms with Crippen LogP contribution in [0.1, 0.15) is 22.3 Å². The number of aromatic nitrogens is 1. The van der Waals surface area contributed by atoms with Crippen LogP contribution in [0.25, 0.3) is 0 Å². The Kier molecular flexibility index (Phi) is 5.10. The van der Waals surface area contributed by atoms with Gasteiger partial charge in [-0.1, -0.05) is 29.8 Å². The summed E-state index contributed by atoms with van der Waals surface area (Å²) in [4.78, 5) is 16.3. The van der Waals surface area contributed by atoms with Crippen molar-refractivity contribution in [1.29, 1.82) is 0 Å².